The fourth-order valence-corrected chi connectivity index (χ4v) is 2.02. The van der Waals surface area contributed by atoms with E-state index in [4.69, 9.17) is 5.11 Å². The summed E-state index contributed by atoms with van der Waals surface area (Å²) >= 11 is 0. The lowest BCUT2D eigenvalue weighted by Crippen LogP contribution is -1.92. The number of hydrogen-bond donors (Lipinski definition) is 1. The second-order valence-electron chi connectivity index (χ2n) is 5.05. The Morgan fingerprint density at radius 3 is 1.67 bits per heavy atom. The monoisotopic (exact) mass is 240 g/mol. The average Bonchev–Trinajstić information content (AvgIpc) is 2.40. The molecule has 0 amide bonds. The van der Waals surface area contributed by atoms with Crippen LogP contribution in [0.4, 0.5) is 0 Å². The molecule has 18 heavy (non-hydrogen) atoms. The van der Waals surface area contributed by atoms with E-state index in [0.29, 0.717) is 5.92 Å². The molecule has 0 heterocycles. The molecule has 0 aliphatic carbocycles. The van der Waals surface area contributed by atoms with Crippen molar-refractivity contribution in [2.24, 2.45) is 0 Å². The van der Waals surface area contributed by atoms with Gasteiger partial charge in [0.2, 0.25) is 0 Å². The zero-order valence-corrected chi connectivity index (χ0v) is 11.1. The average molecular weight is 240 g/mol. The van der Waals surface area contributed by atoms with Crippen LogP contribution in [-0.2, 0) is 13.0 Å². The summed E-state index contributed by atoms with van der Waals surface area (Å²) in [7, 11) is 0. The maximum Gasteiger partial charge on any atom is 0.0681 e. The molecule has 2 aromatic rings. The number of rotatable bonds is 4. The summed E-state index contributed by atoms with van der Waals surface area (Å²) in [6.45, 7) is 4.54. The van der Waals surface area contributed by atoms with Gasteiger partial charge in [0.1, 0.15) is 0 Å². The Bertz CT molecular complexity index is 480. The lowest BCUT2D eigenvalue weighted by molar-refractivity contribution is 0.282. The minimum Gasteiger partial charge on any atom is -0.392 e. The topological polar surface area (TPSA) is 20.2 Å². The van der Waals surface area contributed by atoms with Crippen LogP contribution in [0, 0.1) is 0 Å². The molecule has 0 aliphatic rings. The van der Waals surface area contributed by atoms with Gasteiger partial charge in [-0.05, 0) is 34.6 Å². The van der Waals surface area contributed by atoms with Crippen molar-refractivity contribution >= 4 is 0 Å². The zero-order chi connectivity index (χ0) is 13.0. The van der Waals surface area contributed by atoms with Gasteiger partial charge in [-0.15, -0.1) is 0 Å². The highest BCUT2D eigenvalue weighted by Crippen LogP contribution is 2.17. The summed E-state index contributed by atoms with van der Waals surface area (Å²) < 4.78 is 0. The van der Waals surface area contributed by atoms with Crippen molar-refractivity contribution in [3.63, 3.8) is 0 Å². The number of benzene rings is 2. The Morgan fingerprint density at radius 1 is 0.778 bits per heavy atom. The van der Waals surface area contributed by atoms with Gasteiger partial charge in [0, 0.05) is 0 Å². The van der Waals surface area contributed by atoms with Gasteiger partial charge in [0.05, 0.1) is 6.61 Å². The molecule has 2 rings (SSSR count). The van der Waals surface area contributed by atoms with Crippen LogP contribution in [-0.4, -0.2) is 5.11 Å². The molecule has 1 N–H and O–H groups in total. The van der Waals surface area contributed by atoms with E-state index in [-0.39, 0.29) is 6.61 Å². The normalized spacial score (nSPS) is 10.9. The van der Waals surface area contributed by atoms with Crippen molar-refractivity contribution in [2.45, 2.75) is 32.8 Å². The maximum atomic E-state index is 9.00. The van der Waals surface area contributed by atoms with Crippen LogP contribution in [0.15, 0.2) is 48.5 Å². The van der Waals surface area contributed by atoms with Gasteiger partial charge in [-0.25, -0.2) is 0 Å². The summed E-state index contributed by atoms with van der Waals surface area (Å²) in [5.41, 5.74) is 4.96. The lowest BCUT2D eigenvalue weighted by Gasteiger charge is -2.07. The van der Waals surface area contributed by atoms with Gasteiger partial charge in [-0.3, -0.25) is 0 Å². The smallest absolute Gasteiger partial charge is 0.0681 e. The second-order valence-corrected chi connectivity index (χ2v) is 5.05. The summed E-state index contributed by atoms with van der Waals surface area (Å²) in [4.78, 5) is 0. The van der Waals surface area contributed by atoms with Crippen LogP contribution in [0.3, 0.4) is 0 Å². The fraction of sp³-hybridized carbons (Fsp3) is 0.294. The molecule has 0 spiro atoms. The van der Waals surface area contributed by atoms with Crippen LogP contribution in [0.2, 0.25) is 0 Å². The Labute approximate surface area is 109 Å². The first kappa shape index (κ1) is 12.8. The van der Waals surface area contributed by atoms with Crippen molar-refractivity contribution in [1.82, 2.24) is 0 Å². The van der Waals surface area contributed by atoms with E-state index < -0.39 is 0 Å². The summed E-state index contributed by atoms with van der Waals surface area (Å²) in [5.74, 6) is 0.586. The fourth-order valence-electron chi connectivity index (χ4n) is 2.02. The molecular weight excluding hydrogens is 220 g/mol. The maximum absolute atomic E-state index is 9.00. The van der Waals surface area contributed by atoms with E-state index in [1.807, 2.05) is 12.1 Å². The van der Waals surface area contributed by atoms with Crippen LogP contribution < -0.4 is 0 Å². The highest BCUT2D eigenvalue weighted by molar-refractivity contribution is 5.31. The van der Waals surface area contributed by atoms with Gasteiger partial charge in [0.15, 0.2) is 0 Å². The van der Waals surface area contributed by atoms with Crippen LogP contribution in [0.25, 0.3) is 0 Å². The summed E-state index contributed by atoms with van der Waals surface area (Å²) in [6.07, 6.45) is 0.948. The van der Waals surface area contributed by atoms with Gasteiger partial charge < -0.3 is 5.11 Å². The van der Waals surface area contributed by atoms with Crippen LogP contribution >= 0.6 is 0 Å². The van der Waals surface area contributed by atoms with E-state index in [9.17, 15) is 0 Å². The third kappa shape index (κ3) is 3.21. The molecule has 0 aromatic heterocycles. The SMILES string of the molecule is CC(C)c1ccc(Cc2ccc(CO)cc2)cc1. The molecule has 1 heteroatoms. The first-order valence-electron chi connectivity index (χ1n) is 6.46. The van der Waals surface area contributed by atoms with E-state index in [0.717, 1.165) is 12.0 Å². The highest BCUT2D eigenvalue weighted by Gasteiger charge is 2.00. The van der Waals surface area contributed by atoms with Gasteiger partial charge >= 0.3 is 0 Å². The predicted molar refractivity (Wildman–Crippen MR) is 75.7 cm³/mol. The number of aliphatic hydroxyl groups is 1. The Kier molecular flexibility index (Phi) is 4.16. The lowest BCUT2D eigenvalue weighted by atomic mass is 9.98. The standard InChI is InChI=1S/C17H20O/c1-13(2)17-9-7-15(8-10-17)11-14-3-5-16(12-18)6-4-14/h3-10,13,18H,11-12H2,1-2H3. The molecule has 0 unspecified atom stereocenters. The largest absolute Gasteiger partial charge is 0.392 e. The Balaban J connectivity index is 2.08. The predicted octanol–water partition coefficient (Wildman–Crippen LogP) is 3.89. The third-order valence-corrected chi connectivity index (χ3v) is 3.26. The molecule has 0 aliphatic heterocycles. The van der Waals surface area contributed by atoms with Crippen molar-refractivity contribution < 1.29 is 5.11 Å². The van der Waals surface area contributed by atoms with Crippen LogP contribution in [0.1, 0.15) is 42.0 Å². The quantitative estimate of drug-likeness (QED) is 0.859. The van der Waals surface area contributed by atoms with E-state index in [1.165, 1.54) is 16.7 Å². The van der Waals surface area contributed by atoms with E-state index >= 15 is 0 Å². The molecule has 0 saturated carbocycles. The molecule has 0 saturated heterocycles. The molecule has 0 bridgehead atoms. The molecular formula is C17H20O. The Hall–Kier alpha value is -1.60. The van der Waals surface area contributed by atoms with Gasteiger partial charge in [-0.1, -0.05) is 62.4 Å². The third-order valence-electron chi connectivity index (χ3n) is 3.26. The molecule has 0 radical (unpaired) electrons. The van der Waals surface area contributed by atoms with Crippen LogP contribution in [0.5, 0.6) is 0 Å². The zero-order valence-electron chi connectivity index (χ0n) is 11.1. The molecule has 1 nitrogen and oxygen atoms in total. The Morgan fingerprint density at radius 2 is 1.22 bits per heavy atom. The molecule has 94 valence electrons. The number of aliphatic hydroxyl groups excluding tert-OH is 1. The highest BCUT2D eigenvalue weighted by atomic mass is 16.3. The van der Waals surface area contributed by atoms with E-state index in [2.05, 4.69) is 50.2 Å². The summed E-state index contributed by atoms with van der Waals surface area (Å²) in [5, 5.41) is 9.00. The van der Waals surface area contributed by atoms with Crippen molar-refractivity contribution in [1.29, 1.82) is 0 Å². The van der Waals surface area contributed by atoms with Gasteiger partial charge in [-0.2, -0.15) is 0 Å². The minimum absolute atomic E-state index is 0.114. The summed E-state index contributed by atoms with van der Waals surface area (Å²) in [6, 6.07) is 17.0. The minimum atomic E-state index is 0.114. The van der Waals surface area contributed by atoms with E-state index in [1.54, 1.807) is 0 Å². The van der Waals surface area contributed by atoms with Crippen molar-refractivity contribution in [2.75, 3.05) is 0 Å². The number of hydrogen-bond acceptors (Lipinski definition) is 1. The first-order chi connectivity index (χ1) is 8.69. The second kappa shape index (κ2) is 5.83. The molecule has 0 fully saturated rings. The molecule has 0 atom stereocenters. The first-order valence-corrected chi connectivity index (χ1v) is 6.46. The van der Waals surface area contributed by atoms with Crippen molar-refractivity contribution in [3.8, 4) is 0 Å². The van der Waals surface area contributed by atoms with Gasteiger partial charge in [0.25, 0.3) is 0 Å². The molecule has 2 aromatic carbocycles. The van der Waals surface area contributed by atoms with Crippen molar-refractivity contribution in [3.05, 3.63) is 70.8 Å².